The summed E-state index contributed by atoms with van der Waals surface area (Å²) in [5.41, 5.74) is 0.282. The zero-order valence-corrected chi connectivity index (χ0v) is 11.4. The van der Waals surface area contributed by atoms with Crippen LogP contribution >= 0.6 is 0 Å². The van der Waals surface area contributed by atoms with E-state index in [0.29, 0.717) is 6.54 Å². The number of nitrogens with one attached hydrogen (secondary N) is 3. The Balaban J connectivity index is 0.00000144. The molecule has 1 radical (unpaired) electrons. The van der Waals surface area contributed by atoms with Gasteiger partial charge in [0, 0.05) is 36.1 Å². The van der Waals surface area contributed by atoms with E-state index in [-0.39, 0.29) is 35.3 Å². The van der Waals surface area contributed by atoms with Gasteiger partial charge in [-0.3, -0.25) is 9.59 Å². The molecule has 3 N–H and O–H groups in total. The van der Waals surface area contributed by atoms with Crippen molar-refractivity contribution in [3.05, 3.63) is 51.9 Å². The van der Waals surface area contributed by atoms with Gasteiger partial charge in [0.2, 0.25) is 5.69 Å². The predicted octanol–water partition coefficient (Wildman–Crippen LogP) is -0.353. The molecule has 1 amide bonds. The summed E-state index contributed by atoms with van der Waals surface area (Å²) in [7, 11) is 0. The van der Waals surface area contributed by atoms with Crippen molar-refractivity contribution in [2.75, 3.05) is 0 Å². The van der Waals surface area contributed by atoms with E-state index >= 15 is 0 Å². The maximum atomic E-state index is 11.5. The molecule has 6 nitrogen and oxygen atoms in total. The van der Waals surface area contributed by atoms with E-state index < -0.39 is 11.5 Å². The van der Waals surface area contributed by atoms with Crippen molar-refractivity contribution in [1.82, 2.24) is 20.7 Å². The molecule has 7 heteroatoms. The van der Waals surface area contributed by atoms with Crippen molar-refractivity contribution < 1.29 is 4.79 Å². The van der Waals surface area contributed by atoms with Crippen molar-refractivity contribution in [3.8, 4) is 0 Å². The van der Waals surface area contributed by atoms with E-state index in [1.165, 1.54) is 0 Å². The predicted molar refractivity (Wildman–Crippen MR) is 62.6 cm³/mol. The first-order valence-corrected chi connectivity index (χ1v) is 4.72. The van der Waals surface area contributed by atoms with E-state index in [4.69, 9.17) is 0 Å². The van der Waals surface area contributed by atoms with E-state index in [1.807, 2.05) is 30.3 Å². The Labute approximate surface area is 119 Å². The summed E-state index contributed by atoms with van der Waals surface area (Å²) in [6, 6.07) is 9.42. The normalized spacial score (nSPS) is 9.41. The van der Waals surface area contributed by atoms with E-state index in [9.17, 15) is 9.59 Å². The van der Waals surface area contributed by atoms with Gasteiger partial charge in [0.05, 0.1) is 0 Å². The maximum Gasteiger partial charge on any atom is 0.297 e. The SMILES string of the molecule is O=C(NCc1ccccc1)c1n[nH][nH]c1=O.[Na]. The maximum absolute atomic E-state index is 11.5. The number of hydrogen-bond donors (Lipinski definition) is 3. The number of rotatable bonds is 3. The van der Waals surface area contributed by atoms with Gasteiger partial charge in [-0.25, -0.2) is 10.3 Å². The van der Waals surface area contributed by atoms with Gasteiger partial charge >= 0.3 is 0 Å². The van der Waals surface area contributed by atoms with Crippen molar-refractivity contribution in [2.24, 2.45) is 0 Å². The molecule has 0 aliphatic rings. The van der Waals surface area contributed by atoms with Gasteiger partial charge in [0.15, 0.2) is 0 Å². The summed E-state index contributed by atoms with van der Waals surface area (Å²) in [6.07, 6.45) is 0. The van der Waals surface area contributed by atoms with Gasteiger partial charge in [-0.15, -0.1) is 5.10 Å². The second kappa shape index (κ2) is 6.39. The largest absolute Gasteiger partial charge is 0.346 e. The smallest absolute Gasteiger partial charge is 0.297 e. The van der Waals surface area contributed by atoms with Crippen LogP contribution in [0.5, 0.6) is 0 Å². The number of hydrogen-bond acceptors (Lipinski definition) is 3. The Morgan fingerprint density at radius 1 is 1.29 bits per heavy atom. The zero-order valence-electron chi connectivity index (χ0n) is 9.36. The van der Waals surface area contributed by atoms with Crippen molar-refractivity contribution in [3.63, 3.8) is 0 Å². The number of carbonyl (C=O) groups excluding carboxylic acids is 1. The molecule has 0 spiro atoms. The minimum Gasteiger partial charge on any atom is -0.346 e. The summed E-state index contributed by atoms with van der Waals surface area (Å²) in [5.74, 6) is -0.494. The van der Waals surface area contributed by atoms with Crippen LogP contribution in [0.2, 0.25) is 0 Å². The minimum atomic E-state index is -0.523. The topological polar surface area (TPSA) is 90.6 Å². The van der Waals surface area contributed by atoms with Crippen LogP contribution in [0, 0.1) is 0 Å². The summed E-state index contributed by atoms with van der Waals surface area (Å²) < 4.78 is 0. The number of carbonyl (C=O) groups is 1. The first-order chi connectivity index (χ1) is 7.77. The molecule has 0 saturated carbocycles. The number of nitrogens with zero attached hydrogens (tertiary/aromatic N) is 1. The van der Waals surface area contributed by atoms with Gasteiger partial charge in [-0.1, -0.05) is 30.3 Å². The van der Waals surface area contributed by atoms with Crippen LogP contribution in [0.4, 0.5) is 0 Å². The van der Waals surface area contributed by atoms with Gasteiger partial charge < -0.3 is 5.32 Å². The monoisotopic (exact) mass is 241 g/mol. The van der Waals surface area contributed by atoms with Gasteiger partial charge in [0.1, 0.15) is 0 Å². The molecule has 0 unspecified atom stereocenters. The van der Waals surface area contributed by atoms with Gasteiger partial charge in [-0.05, 0) is 5.56 Å². The van der Waals surface area contributed by atoms with Crippen LogP contribution in [0.25, 0.3) is 0 Å². The Morgan fingerprint density at radius 3 is 2.59 bits per heavy atom. The van der Waals surface area contributed by atoms with E-state index in [1.54, 1.807) is 0 Å². The van der Waals surface area contributed by atoms with Crippen LogP contribution in [0.3, 0.4) is 0 Å². The average Bonchev–Trinajstić information content (AvgIpc) is 2.74. The molecule has 83 valence electrons. The second-order valence-electron chi connectivity index (χ2n) is 3.19. The fraction of sp³-hybridized carbons (Fsp3) is 0.100. The van der Waals surface area contributed by atoms with Crippen molar-refractivity contribution in [1.29, 1.82) is 0 Å². The van der Waals surface area contributed by atoms with Crippen LogP contribution in [0.1, 0.15) is 16.1 Å². The van der Waals surface area contributed by atoms with Crippen LogP contribution < -0.4 is 10.9 Å². The summed E-state index contributed by atoms with van der Waals surface area (Å²) >= 11 is 0. The van der Waals surface area contributed by atoms with Crippen molar-refractivity contribution in [2.45, 2.75) is 6.54 Å². The fourth-order valence-electron chi connectivity index (χ4n) is 1.26. The standard InChI is InChI=1S/C10H10N4O2.Na/c15-9(8-10(16)13-14-12-8)11-6-7-4-2-1-3-5-7;/h1-5H,6H2,(H,11,15)(H2,12,13,14,16);. The number of aromatic amines is 2. The summed E-state index contributed by atoms with van der Waals surface area (Å²) in [5, 5.41) is 10.5. The first-order valence-electron chi connectivity index (χ1n) is 4.72. The molecule has 0 atom stereocenters. The van der Waals surface area contributed by atoms with Gasteiger partial charge in [-0.2, -0.15) is 0 Å². The molecule has 1 aromatic heterocycles. The number of amides is 1. The minimum absolute atomic E-state index is 0. The van der Waals surface area contributed by atoms with E-state index in [0.717, 1.165) is 5.56 Å². The third-order valence-corrected chi connectivity index (χ3v) is 2.06. The molecule has 0 aliphatic heterocycles. The molecule has 2 rings (SSSR count). The molecule has 2 aromatic rings. The first kappa shape index (κ1) is 13.7. The number of benzene rings is 1. The molecule has 0 aliphatic carbocycles. The Bertz CT molecular complexity index is 534. The third kappa shape index (κ3) is 3.55. The van der Waals surface area contributed by atoms with Crippen LogP contribution in [-0.4, -0.2) is 50.9 Å². The molecular weight excluding hydrogens is 231 g/mol. The number of aromatic nitrogens is 3. The Kier molecular flexibility index (Phi) is 5.14. The quantitative estimate of drug-likeness (QED) is 0.641. The second-order valence-corrected chi connectivity index (χ2v) is 3.19. The zero-order chi connectivity index (χ0) is 11.4. The van der Waals surface area contributed by atoms with Crippen LogP contribution in [-0.2, 0) is 6.54 Å². The molecular formula is C10H10N4NaO2. The van der Waals surface area contributed by atoms with Crippen LogP contribution in [0.15, 0.2) is 35.1 Å². The molecule has 0 bridgehead atoms. The third-order valence-electron chi connectivity index (χ3n) is 2.06. The van der Waals surface area contributed by atoms with Crippen molar-refractivity contribution >= 4 is 35.5 Å². The van der Waals surface area contributed by atoms with E-state index in [2.05, 4.69) is 20.7 Å². The number of H-pyrrole nitrogens is 2. The average molecular weight is 241 g/mol. The summed E-state index contributed by atoms with van der Waals surface area (Å²) in [6.45, 7) is 0.367. The molecule has 1 aromatic carbocycles. The molecule has 0 fully saturated rings. The Morgan fingerprint density at radius 2 is 2.00 bits per heavy atom. The van der Waals surface area contributed by atoms with Gasteiger partial charge in [0.25, 0.3) is 11.5 Å². The molecule has 1 heterocycles. The molecule has 17 heavy (non-hydrogen) atoms. The fourth-order valence-corrected chi connectivity index (χ4v) is 1.26. The molecule has 0 saturated heterocycles. The summed E-state index contributed by atoms with van der Waals surface area (Å²) in [4.78, 5) is 22.5. The Hall–Kier alpha value is -1.37.